The van der Waals surface area contributed by atoms with Gasteiger partial charge in [0.15, 0.2) is 0 Å². The van der Waals surface area contributed by atoms with Gasteiger partial charge in [-0.2, -0.15) is 0 Å². The number of amides is 2. The van der Waals surface area contributed by atoms with Crippen molar-refractivity contribution in [3.05, 3.63) is 23.2 Å². The molecule has 128 valence electrons. The predicted octanol–water partition coefficient (Wildman–Crippen LogP) is 2.13. The van der Waals surface area contributed by atoms with Crippen LogP contribution in [-0.4, -0.2) is 49.5 Å². The fourth-order valence-corrected chi connectivity index (χ4v) is 2.14. The van der Waals surface area contributed by atoms with E-state index in [-0.39, 0.29) is 30.4 Å². The third-order valence-electron chi connectivity index (χ3n) is 2.78. The molecule has 6 nitrogen and oxygen atoms in total. The number of nitrogens with zero attached hydrogens (tertiary/aromatic N) is 1. The average molecular weight is 342 g/mol. The zero-order chi connectivity index (χ0) is 17.6. The molecule has 1 rings (SSSR count). The highest BCUT2D eigenvalue weighted by Gasteiger charge is 2.17. The molecule has 0 heterocycles. The van der Waals surface area contributed by atoms with Crippen LogP contribution in [0.2, 0.25) is 5.02 Å². The molecule has 0 spiro atoms. The van der Waals surface area contributed by atoms with Crippen LogP contribution < -0.4 is 15.4 Å². The minimum Gasteiger partial charge on any atom is -0.495 e. The van der Waals surface area contributed by atoms with E-state index in [1.807, 2.05) is 20.8 Å². The second-order valence-electron chi connectivity index (χ2n) is 6.36. The van der Waals surface area contributed by atoms with E-state index in [4.69, 9.17) is 16.3 Å². The molecular weight excluding hydrogens is 318 g/mol. The molecule has 0 fully saturated rings. The number of nitrogens with one attached hydrogen (secondary N) is 2. The number of carbonyl (C=O) groups is 2. The number of rotatable bonds is 6. The Hall–Kier alpha value is -1.79. The van der Waals surface area contributed by atoms with Gasteiger partial charge in [0.25, 0.3) is 0 Å². The highest BCUT2D eigenvalue weighted by atomic mass is 35.5. The summed E-state index contributed by atoms with van der Waals surface area (Å²) < 4.78 is 5.17. The highest BCUT2D eigenvalue weighted by molar-refractivity contribution is 6.31. The average Bonchev–Trinajstić information content (AvgIpc) is 2.35. The van der Waals surface area contributed by atoms with E-state index in [2.05, 4.69) is 10.6 Å². The van der Waals surface area contributed by atoms with Crippen LogP contribution in [0.15, 0.2) is 18.2 Å². The maximum Gasteiger partial charge on any atom is 0.238 e. The normalized spacial score (nSPS) is 11.3. The first-order valence-corrected chi connectivity index (χ1v) is 7.61. The van der Waals surface area contributed by atoms with Crippen LogP contribution in [0.3, 0.4) is 0 Å². The van der Waals surface area contributed by atoms with Gasteiger partial charge >= 0.3 is 0 Å². The van der Waals surface area contributed by atoms with Gasteiger partial charge < -0.3 is 15.4 Å². The number of likely N-dealkylation sites (N-methyl/N-ethyl adjacent to an activating group) is 1. The molecule has 1 aromatic carbocycles. The fourth-order valence-electron chi connectivity index (χ4n) is 1.97. The van der Waals surface area contributed by atoms with Crippen molar-refractivity contribution >= 4 is 29.1 Å². The molecule has 2 N–H and O–H groups in total. The summed E-state index contributed by atoms with van der Waals surface area (Å²) in [6.45, 7) is 5.93. The summed E-state index contributed by atoms with van der Waals surface area (Å²) in [5.74, 6) is 0.139. The summed E-state index contributed by atoms with van der Waals surface area (Å²) in [6, 6.07) is 4.97. The smallest absolute Gasteiger partial charge is 0.238 e. The number of ether oxygens (including phenoxy) is 1. The van der Waals surface area contributed by atoms with Gasteiger partial charge in [0.1, 0.15) is 5.75 Å². The van der Waals surface area contributed by atoms with Gasteiger partial charge in [0.2, 0.25) is 11.8 Å². The predicted molar refractivity (Wildman–Crippen MR) is 92.0 cm³/mol. The lowest BCUT2D eigenvalue weighted by atomic mass is 10.1. The molecule has 0 aliphatic carbocycles. The highest BCUT2D eigenvalue weighted by Crippen LogP contribution is 2.27. The lowest BCUT2D eigenvalue weighted by molar-refractivity contribution is -0.124. The van der Waals surface area contributed by atoms with E-state index < -0.39 is 0 Å². The van der Waals surface area contributed by atoms with Crippen molar-refractivity contribution in [2.24, 2.45) is 0 Å². The van der Waals surface area contributed by atoms with Crippen LogP contribution >= 0.6 is 11.6 Å². The second-order valence-corrected chi connectivity index (χ2v) is 6.80. The number of hydrogen-bond donors (Lipinski definition) is 2. The first-order valence-electron chi connectivity index (χ1n) is 7.23. The van der Waals surface area contributed by atoms with Crippen LogP contribution in [0.25, 0.3) is 0 Å². The van der Waals surface area contributed by atoms with Crippen LogP contribution in [-0.2, 0) is 9.59 Å². The number of benzene rings is 1. The van der Waals surface area contributed by atoms with Gasteiger partial charge in [-0.25, -0.2) is 0 Å². The molecule has 0 saturated carbocycles. The first kappa shape index (κ1) is 19.3. The molecule has 0 atom stereocenters. The van der Waals surface area contributed by atoms with Crippen molar-refractivity contribution in [1.29, 1.82) is 0 Å². The third kappa shape index (κ3) is 7.34. The van der Waals surface area contributed by atoms with Crippen LogP contribution in [0.4, 0.5) is 5.69 Å². The molecule has 0 aliphatic heterocycles. The van der Waals surface area contributed by atoms with Gasteiger partial charge in [0.05, 0.1) is 25.9 Å². The largest absolute Gasteiger partial charge is 0.495 e. The van der Waals surface area contributed by atoms with Crippen molar-refractivity contribution in [3.63, 3.8) is 0 Å². The Balaban J connectivity index is 2.56. The quantitative estimate of drug-likeness (QED) is 0.831. The van der Waals surface area contributed by atoms with Crippen molar-refractivity contribution in [3.8, 4) is 5.75 Å². The van der Waals surface area contributed by atoms with E-state index in [9.17, 15) is 9.59 Å². The van der Waals surface area contributed by atoms with Gasteiger partial charge in [-0.15, -0.1) is 0 Å². The first-order chi connectivity index (χ1) is 10.6. The van der Waals surface area contributed by atoms with Gasteiger partial charge in [-0.1, -0.05) is 11.6 Å². The van der Waals surface area contributed by atoms with Crippen molar-refractivity contribution < 1.29 is 14.3 Å². The molecule has 0 bridgehead atoms. The third-order valence-corrected chi connectivity index (χ3v) is 3.01. The number of carbonyl (C=O) groups excluding carboxylic acids is 2. The number of methoxy groups -OCH3 is 1. The Bertz CT molecular complexity index is 570. The Kier molecular flexibility index (Phi) is 6.84. The SMILES string of the molecule is COc1ccc(Cl)cc1NC(=O)CN(C)CC(=O)NC(C)(C)C. The van der Waals surface area contributed by atoms with Gasteiger partial charge in [0, 0.05) is 10.6 Å². The minimum atomic E-state index is -0.297. The summed E-state index contributed by atoms with van der Waals surface area (Å²) in [6.07, 6.45) is 0. The van der Waals surface area contributed by atoms with E-state index >= 15 is 0 Å². The Morgan fingerprint density at radius 3 is 2.39 bits per heavy atom. The van der Waals surface area contributed by atoms with E-state index in [0.717, 1.165) is 0 Å². The van der Waals surface area contributed by atoms with Crippen LogP contribution in [0, 0.1) is 0 Å². The van der Waals surface area contributed by atoms with E-state index in [1.54, 1.807) is 30.1 Å². The monoisotopic (exact) mass is 341 g/mol. The second kappa shape index (κ2) is 8.17. The molecule has 0 unspecified atom stereocenters. The summed E-state index contributed by atoms with van der Waals surface area (Å²) in [5.41, 5.74) is 0.200. The zero-order valence-corrected chi connectivity index (χ0v) is 15.0. The maximum atomic E-state index is 12.1. The zero-order valence-electron chi connectivity index (χ0n) is 14.2. The molecule has 0 saturated heterocycles. The summed E-state index contributed by atoms with van der Waals surface area (Å²) in [5, 5.41) is 6.08. The van der Waals surface area contributed by atoms with E-state index in [0.29, 0.717) is 16.5 Å². The topological polar surface area (TPSA) is 70.7 Å². The Labute approximate surface area is 142 Å². The van der Waals surface area contributed by atoms with Crippen molar-refractivity contribution in [1.82, 2.24) is 10.2 Å². The lowest BCUT2D eigenvalue weighted by Crippen LogP contribution is -2.46. The summed E-state index contributed by atoms with van der Waals surface area (Å²) in [4.78, 5) is 25.6. The van der Waals surface area contributed by atoms with Gasteiger partial charge in [-0.05, 0) is 46.0 Å². The molecule has 0 aliphatic rings. The molecule has 23 heavy (non-hydrogen) atoms. The number of anilines is 1. The van der Waals surface area contributed by atoms with Crippen LogP contribution in [0.1, 0.15) is 20.8 Å². The van der Waals surface area contributed by atoms with Crippen molar-refractivity contribution in [2.45, 2.75) is 26.3 Å². The molecule has 0 radical (unpaired) electrons. The standard InChI is InChI=1S/C16H24ClN3O3/c1-16(2,3)19-15(22)10-20(4)9-14(21)18-12-8-11(17)6-7-13(12)23-5/h6-8H,9-10H2,1-5H3,(H,18,21)(H,19,22). The summed E-state index contributed by atoms with van der Waals surface area (Å²) in [7, 11) is 3.22. The number of hydrogen-bond acceptors (Lipinski definition) is 4. The molecule has 7 heteroatoms. The summed E-state index contributed by atoms with van der Waals surface area (Å²) >= 11 is 5.92. The minimum absolute atomic E-state index is 0.0766. The Morgan fingerprint density at radius 1 is 1.22 bits per heavy atom. The molecule has 0 aromatic heterocycles. The van der Waals surface area contributed by atoms with E-state index in [1.165, 1.54) is 7.11 Å². The maximum absolute atomic E-state index is 12.1. The molecular formula is C16H24ClN3O3. The van der Waals surface area contributed by atoms with Crippen LogP contribution in [0.5, 0.6) is 5.75 Å². The van der Waals surface area contributed by atoms with Gasteiger partial charge in [-0.3, -0.25) is 14.5 Å². The lowest BCUT2D eigenvalue weighted by Gasteiger charge is -2.23. The Morgan fingerprint density at radius 2 is 1.83 bits per heavy atom. The molecule has 1 aromatic rings. The van der Waals surface area contributed by atoms with Crippen molar-refractivity contribution in [2.75, 3.05) is 32.6 Å². The fraction of sp³-hybridized carbons (Fsp3) is 0.500. The number of halogens is 1. The molecule has 2 amide bonds.